The Labute approximate surface area is 172 Å². The second-order valence-electron chi connectivity index (χ2n) is 10.2. The zero-order valence-electron chi connectivity index (χ0n) is 18.4. The van der Waals surface area contributed by atoms with Crippen LogP contribution in [-0.2, 0) is 12.8 Å². The van der Waals surface area contributed by atoms with Gasteiger partial charge in [-0.2, -0.15) is 0 Å². The Morgan fingerprint density at radius 3 is 1.71 bits per heavy atom. The third kappa shape index (κ3) is 6.42. The molecule has 0 amide bonds. The molecule has 158 valence electrons. The number of benzene rings is 1. The average molecular weight is 387 g/mol. The zero-order valence-corrected chi connectivity index (χ0v) is 18.4. The van der Waals surface area contributed by atoms with Gasteiger partial charge < -0.3 is 10.2 Å². The van der Waals surface area contributed by atoms with Crippen LogP contribution in [0.15, 0.2) is 12.1 Å². The number of aromatic hydroxyl groups is 2. The maximum Gasteiger partial charge on any atom is 0.157 e. The monoisotopic (exact) mass is 386 g/mol. The van der Waals surface area contributed by atoms with Gasteiger partial charge in [-0.3, -0.25) is 0 Å². The van der Waals surface area contributed by atoms with Gasteiger partial charge in [0, 0.05) is 0 Å². The van der Waals surface area contributed by atoms with Crippen molar-refractivity contribution in [3.63, 3.8) is 0 Å². The Balaban J connectivity index is 1.37. The van der Waals surface area contributed by atoms with Crippen molar-refractivity contribution in [2.75, 3.05) is 0 Å². The van der Waals surface area contributed by atoms with Gasteiger partial charge in [0.2, 0.25) is 0 Å². The summed E-state index contributed by atoms with van der Waals surface area (Å²) in [6.07, 6.45) is 20.9. The van der Waals surface area contributed by atoms with Gasteiger partial charge in [-0.05, 0) is 98.3 Å². The fourth-order valence-electron chi connectivity index (χ4n) is 4.76. The minimum absolute atomic E-state index is 0.0403. The Hall–Kier alpha value is -1.18. The number of aryl methyl sites for hydroxylation is 2. The number of phenolic OH excluding ortho intramolecular Hbond substituents is 2. The average Bonchev–Trinajstić information content (AvgIpc) is 3.60. The summed E-state index contributed by atoms with van der Waals surface area (Å²) in [7, 11) is 0. The van der Waals surface area contributed by atoms with Crippen molar-refractivity contribution < 1.29 is 10.2 Å². The summed E-state index contributed by atoms with van der Waals surface area (Å²) in [4.78, 5) is 0. The van der Waals surface area contributed by atoms with Gasteiger partial charge in [0.05, 0.1) is 0 Å². The van der Waals surface area contributed by atoms with Crippen molar-refractivity contribution in [1.29, 1.82) is 0 Å². The highest BCUT2D eigenvalue weighted by Crippen LogP contribution is 2.52. The molecule has 0 saturated heterocycles. The lowest BCUT2D eigenvalue weighted by Gasteiger charge is -2.13. The fraction of sp³-hybridized carbons (Fsp3) is 0.769. The van der Waals surface area contributed by atoms with Crippen LogP contribution in [0.4, 0.5) is 0 Å². The Kier molecular flexibility index (Phi) is 7.34. The SMILES string of the molecule is CCC1(CCCCCCc2cc(O)c(O)cc2CCCCCC2(C)CC2)CC1. The standard InChI is InChI=1S/C26H42O2/c1-3-26(17-18-26)14-10-5-4-7-11-21-19-23(27)24(28)20-22(21)12-8-6-9-13-25(2)15-16-25/h19-20,27-28H,3-18H2,1-2H3. The van der Waals surface area contributed by atoms with Crippen molar-refractivity contribution >= 4 is 0 Å². The molecule has 0 unspecified atom stereocenters. The zero-order chi connectivity index (χ0) is 20.0. The van der Waals surface area contributed by atoms with Gasteiger partial charge >= 0.3 is 0 Å². The molecule has 0 bridgehead atoms. The summed E-state index contributed by atoms with van der Waals surface area (Å²) in [6, 6.07) is 3.62. The van der Waals surface area contributed by atoms with E-state index in [-0.39, 0.29) is 11.5 Å². The van der Waals surface area contributed by atoms with Crippen LogP contribution < -0.4 is 0 Å². The third-order valence-corrected chi connectivity index (χ3v) is 7.74. The molecule has 2 N–H and O–H groups in total. The number of unbranched alkanes of at least 4 members (excludes halogenated alkanes) is 5. The molecule has 0 heterocycles. The minimum atomic E-state index is 0.0403. The topological polar surface area (TPSA) is 40.5 Å². The first-order valence-corrected chi connectivity index (χ1v) is 12.0. The van der Waals surface area contributed by atoms with Crippen molar-refractivity contribution in [2.45, 2.75) is 117 Å². The van der Waals surface area contributed by atoms with Crippen LogP contribution in [0, 0.1) is 10.8 Å². The quantitative estimate of drug-likeness (QED) is 0.254. The normalized spacial score (nSPS) is 18.9. The fourth-order valence-corrected chi connectivity index (χ4v) is 4.76. The molecule has 0 spiro atoms. The smallest absolute Gasteiger partial charge is 0.157 e. The lowest BCUT2D eigenvalue weighted by Crippen LogP contribution is -1.98. The molecule has 2 aliphatic carbocycles. The molecular formula is C26H42O2. The summed E-state index contributed by atoms with van der Waals surface area (Å²) in [5, 5.41) is 19.9. The first-order valence-electron chi connectivity index (χ1n) is 12.0. The van der Waals surface area contributed by atoms with Gasteiger partial charge in [0.1, 0.15) is 0 Å². The highest BCUT2D eigenvalue weighted by Gasteiger charge is 2.39. The van der Waals surface area contributed by atoms with Crippen LogP contribution >= 0.6 is 0 Å². The maximum atomic E-state index is 9.95. The van der Waals surface area contributed by atoms with E-state index in [1.165, 1.54) is 101 Å². The molecule has 2 nitrogen and oxygen atoms in total. The Morgan fingerprint density at radius 1 is 0.714 bits per heavy atom. The van der Waals surface area contributed by atoms with Crippen LogP contribution in [0.5, 0.6) is 11.5 Å². The predicted molar refractivity (Wildman–Crippen MR) is 118 cm³/mol. The van der Waals surface area contributed by atoms with Crippen LogP contribution in [0.2, 0.25) is 0 Å². The first-order chi connectivity index (χ1) is 13.5. The molecule has 0 radical (unpaired) electrons. The summed E-state index contributed by atoms with van der Waals surface area (Å²) in [5.74, 6) is 0.0811. The van der Waals surface area contributed by atoms with E-state index in [9.17, 15) is 10.2 Å². The third-order valence-electron chi connectivity index (χ3n) is 7.74. The van der Waals surface area contributed by atoms with E-state index in [0.29, 0.717) is 5.41 Å². The molecule has 2 heteroatoms. The summed E-state index contributed by atoms with van der Waals surface area (Å²) in [6.45, 7) is 4.76. The van der Waals surface area contributed by atoms with E-state index in [0.717, 1.165) is 18.3 Å². The summed E-state index contributed by atoms with van der Waals surface area (Å²) in [5.41, 5.74) is 3.89. The molecule has 2 saturated carbocycles. The highest BCUT2D eigenvalue weighted by atomic mass is 16.3. The van der Waals surface area contributed by atoms with E-state index in [1.54, 1.807) is 0 Å². The van der Waals surface area contributed by atoms with E-state index >= 15 is 0 Å². The molecule has 2 aliphatic rings. The van der Waals surface area contributed by atoms with Crippen LogP contribution in [0.3, 0.4) is 0 Å². The van der Waals surface area contributed by atoms with Crippen molar-refractivity contribution in [1.82, 2.24) is 0 Å². The molecule has 0 aromatic heterocycles. The molecule has 0 atom stereocenters. The maximum absolute atomic E-state index is 9.95. The van der Waals surface area contributed by atoms with E-state index in [1.807, 2.05) is 12.1 Å². The number of rotatable bonds is 14. The molecule has 1 aromatic rings. The predicted octanol–water partition coefficient (Wildman–Crippen LogP) is 7.68. The van der Waals surface area contributed by atoms with Crippen molar-refractivity contribution in [2.24, 2.45) is 10.8 Å². The molecule has 0 aliphatic heterocycles. The van der Waals surface area contributed by atoms with Crippen LogP contribution in [0.25, 0.3) is 0 Å². The summed E-state index contributed by atoms with van der Waals surface area (Å²) >= 11 is 0. The van der Waals surface area contributed by atoms with Gasteiger partial charge in [-0.1, -0.05) is 52.4 Å². The van der Waals surface area contributed by atoms with Gasteiger partial charge in [-0.15, -0.1) is 0 Å². The van der Waals surface area contributed by atoms with E-state index in [4.69, 9.17) is 0 Å². The Bertz CT molecular complexity index is 626. The first kappa shape index (κ1) is 21.5. The van der Waals surface area contributed by atoms with Crippen molar-refractivity contribution in [3.05, 3.63) is 23.3 Å². The number of phenols is 2. The second-order valence-corrected chi connectivity index (χ2v) is 10.2. The van der Waals surface area contributed by atoms with Crippen LogP contribution in [-0.4, -0.2) is 10.2 Å². The molecule has 2 fully saturated rings. The lowest BCUT2D eigenvalue weighted by molar-refractivity contribution is 0.402. The minimum Gasteiger partial charge on any atom is -0.504 e. The number of hydrogen-bond acceptors (Lipinski definition) is 2. The molecule has 3 rings (SSSR count). The van der Waals surface area contributed by atoms with Crippen molar-refractivity contribution in [3.8, 4) is 11.5 Å². The van der Waals surface area contributed by atoms with Gasteiger partial charge in [-0.25, -0.2) is 0 Å². The van der Waals surface area contributed by atoms with Gasteiger partial charge in [0.15, 0.2) is 11.5 Å². The van der Waals surface area contributed by atoms with E-state index < -0.39 is 0 Å². The number of hydrogen-bond donors (Lipinski definition) is 2. The van der Waals surface area contributed by atoms with Crippen LogP contribution in [0.1, 0.15) is 115 Å². The molecule has 1 aromatic carbocycles. The molecule has 28 heavy (non-hydrogen) atoms. The Morgan fingerprint density at radius 2 is 1.21 bits per heavy atom. The van der Waals surface area contributed by atoms with Gasteiger partial charge in [0.25, 0.3) is 0 Å². The summed E-state index contributed by atoms with van der Waals surface area (Å²) < 4.78 is 0. The largest absolute Gasteiger partial charge is 0.504 e. The highest BCUT2D eigenvalue weighted by molar-refractivity contribution is 5.45. The lowest BCUT2D eigenvalue weighted by atomic mass is 9.93. The van der Waals surface area contributed by atoms with E-state index in [2.05, 4.69) is 13.8 Å². The molecular weight excluding hydrogens is 344 g/mol. The second kappa shape index (κ2) is 9.55.